The van der Waals surface area contributed by atoms with Gasteiger partial charge in [0.15, 0.2) is 5.82 Å². The molecule has 1 amide bonds. The molecule has 5 rings (SSSR count). The Morgan fingerprint density at radius 1 is 0.827 bits per heavy atom. The van der Waals surface area contributed by atoms with E-state index in [0.29, 0.717) is 65.2 Å². The van der Waals surface area contributed by atoms with Crippen molar-refractivity contribution in [2.24, 2.45) is 0 Å². The molecule has 11 heteroatoms. The number of aromatic nitrogens is 3. The van der Waals surface area contributed by atoms with Crippen LogP contribution in [0, 0.1) is 11.8 Å². The lowest BCUT2D eigenvalue weighted by Crippen LogP contribution is -2.33. The molecule has 1 aliphatic carbocycles. The van der Waals surface area contributed by atoms with Gasteiger partial charge in [-0.25, -0.2) is 14.8 Å². The number of pyridine rings is 1. The molecule has 0 saturated carbocycles. The first kappa shape index (κ1) is 38.6. The van der Waals surface area contributed by atoms with Crippen LogP contribution in [0.1, 0.15) is 56.7 Å². The van der Waals surface area contributed by atoms with Gasteiger partial charge >= 0.3 is 6.09 Å². The number of amides is 1. The summed E-state index contributed by atoms with van der Waals surface area (Å²) in [7, 11) is 0. The van der Waals surface area contributed by atoms with E-state index in [9.17, 15) is 4.79 Å². The predicted octanol–water partition coefficient (Wildman–Crippen LogP) is 6.38. The summed E-state index contributed by atoms with van der Waals surface area (Å²) in [5.41, 5.74) is 4.94. The summed E-state index contributed by atoms with van der Waals surface area (Å²) in [6.07, 6.45) is 7.80. The van der Waals surface area contributed by atoms with Crippen molar-refractivity contribution in [3.63, 3.8) is 0 Å². The second-order valence-corrected chi connectivity index (χ2v) is 13.6. The fourth-order valence-corrected chi connectivity index (χ4v) is 5.73. The van der Waals surface area contributed by atoms with Gasteiger partial charge in [-0.1, -0.05) is 30.0 Å². The Balaban J connectivity index is 0.896. The highest BCUT2D eigenvalue weighted by molar-refractivity contribution is 5.90. The van der Waals surface area contributed by atoms with Crippen LogP contribution in [0.3, 0.4) is 0 Å². The minimum Gasteiger partial charge on any atom is -0.444 e. The van der Waals surface area contributed by atoms with E-state index in [2.05, 4.69) is 51.7 Å². The number of alkyl carbamates (subject to hydrolysis) is 1. The van der Waals surface area contributed by atoms with Crippen molar-refractivity contribution in [1.82, 2.24) is 20.3 Å². The Labute approximate surface area is 307 Å². The quantitative estimate of drug-likeness (QED) is 0.0837. The Kier molecular flexibility index (Phi) is 15.2. The lowest BCUT2D eigenvalue weighted by molar-refractivity contribution is 0.000914. The van der Waals surface area contributed by atoms with Crippen molar-refractivity contribution in [2.75, 3.05) is 64.7 Å². The van der Waals surface area contributed by atoms with E-state index in [1.807, 2.05) is 51.1 Å². The van der Waals surface area contributed by atoms with Gasteiger partial charge in [0, 0.05) is 48.1 Å². The third kappa shape index (κ3) is 13.2. The number of fused-ring (bicyclic) bond motifs is 2. The highest BCUT2D eigenvalue weighted by Gasteiger charge is 2.23. The molecule has 2 N–H and O–H groups in total. The van der Waals surface area contributed by atoms with E-state index in [1.54, 1.807) is 12.4 Å². The van der Waals surface area contributed by atoms with Crippen LogP contribution in [0.4, 0.5) is 10.6 Å². The van der Waals surface area contributed by atoms with Crippen LogP contribution >= 0.6 is 0 Å². The molecule has 0 fully saturated rings. The van der Waals surface area contributed by atoms with Crippen molar-refractivity contribution in [3.8, 4) is 23.2 Å². The lowest BCUT2D eigenvalue weighted by atomic mass is 10.1. The van der Waals surface area contributed by atoms with E-state index >= 15 is 0 Å². The third-order valence-corrected chi connectivity index (χ3v) is 8.16. The van der Waals surface area contributed by atoms with Gasteiger partial charge in [0.2, 0.25) is 0 Å². The Morgan fingerprint density at radius 3 is 2.35 bits per heavy atom. The van der Waals surface area contributed by atoms with Gasteiger partial charge in [-0.15, -0.1) is 0 Å². The zero-order valence-electron chi connectivity index (χ0n) is 30.6. The summed E-state index contributed by atoms with van der Waals surface area (Å²) >= 11 is 0. The van der Waals surface area contributed by atoms with Gasteiger partial charge in [-0.05, 0) is 100 Å². The minimum atomic E-state index is -0.474. The molecule has 11 nitrogen and oxygen atoms in total. The summed E-state index contributed by atoms with van der Waals surface area (Å²) in [5.74, 6) is 7.86. The predicted molar refractivity (Wildman–Crippen MR) is 202 cm³/mol. The Morgan fingerprint density at radius 2 is 1.58 bits per heavy atom. The van der Waals surface area contributed by atoms with Crippen molar-refractivity contribution in [2.45, 2.75) is 64.5 Å². The van der Waals surface area contributed by atoms with Crippen LogP contribution in [-0.4, -0.2) is 92.1 Å². The molecule has 0 bridgehead atoms. The number of hydrogen-bond acceptors (Lipinski definition) is 10. The van der Waals surface area contributed by atoms with E-state index in [0.717, 1.165) is 60.0 Å². The smallest absolute Gasteiger partial charge is 0.407 e. The second-order valence-electron chi connectivity index (χ2n) is 13.6. The van der Waals surface area contributed by atoms with Crippen molar-refractivity contribution in [3.05, 3.63) is 83.7 Å². The maximum absolute atomic E-state index is 11.6. The largest absolute Gasteiger partial charge is 0.444 e. The summed E-state index contributed by atoms with van der Waals surface area (Å²) < 4.78 is 27.6. The topological polar surface area (TPSA) is 126 Å². The molecule has 0 spiro atoms. The number of unbranched alkanes of at least 4 members (excludes halogenated alkanes) is 2. The normalized spacial score (nSPS) is 13.7. The van der Waals surface area contributed by atoms with Gasteiger partial charge in [0.05, 0.1) is 45.2 Å². The molecule has 1 aliphatic rings. The van der Waals surface area contributed by atoms with Gasteiger partial charge < -0.3 is 34.3 Å². The van der Waals surface area contributed by atoms with Crippen LogP contribution in [0.5, 0.6) is 0 Å². The van der Waals surface area contributed by atoms with Gasteiger partial charge in [0.1, 0.15) is 18.0 Å². The minimum absolute atomic E-state index is 0.226. The molecule has 0 saturated heterocycles. The molecular formula is C41H51N5O6. The van der Waals surface area contributed by atoms with Crippen molar-refractivity contribution < 1.29 is 28.5 Å². The number of nitrogens with zero attached hydrogens (tertiary/aromatic N) is 3. The van der Waals surface area contributed by atoms with E-state index in [1.165, 1.54) is 11.1 Å². The number of carbonyl (C=O) groups is 1. The first-order valence-corrected chi connectivity index (χ1v) is 18.2. The monoisotopic (exact) mass is 709 g/mol. The van der Waals surface area contributed by atoms with Crippen LogP contribution in [0.25, 0.3) is 22.3 Å². The highest BCUT2D eigenvalue weighted by Crippen LogP contribution is 2.29. The van der Waals surface area contributed by atoms with Crippen LogP contribution in [0.15, 0.2) is 67.0 Å². The number of rotatable bonds is 19. The first-order valence-electron chi connectivity index (χ1n) is 18.2. The number of anilines is 1. The number of ether oxygens (including phenoxy) is 5. The fraction of sp³-hybridized carbons (Fsp3) is 0.463. The van der Waals surface area contributed by atoms with Gasteiger partial charge in [-0.2, -0.15) is 0 Å². The van der Waals surface area contributed by atoms with E-state index in [4.69, 9.17) is 33.7 Å². The maximum atomic E-state index is 11.6. The molecule has 1 atom stereocenters. The molecule has 52 heavy (non-hydrogen) atoms. The summed E-state index contributed by atoms with van der Waals surface area (Å²) in [4.78, 5) is 25.5. The molecule has 1 unspecified atom stereocenters. The van der Waals surface area contributed by atoms with Gasteiger partial charge in [0.25, 0.3) is 0 Å². The number of benzene rings is 2. The van der Waals surface area contributed by atoms with Gasteiger partial charge in [-0.3, -0.25) is 4.98 Å². The van der Waals surface area contributed by atoms with E-state index in [-0.39, 0.29) is 12.1 Å². The first-order chi connectivity index (χ1) is 25.3. The number of hydrogen-bond donors (Lipinski definition) is 2. The van der Waals surface area contributed by atoms with Crippen molar-refractivity contribution in [1.29, 1.82) is 0 Å². The van der Waals surface area contributed by atoms with Crippen LogP contribution in [-0.2, 0) is 36.5 Å². The fourth-order valence-electron chi connectivity index (χ4n) is 5.73. The van der Waals surface area contributed by atoms with Crippen LogP contribution in [0.2, 0.25) is 0 Å². The molecule has 2 heterocycles. The molecule has 4 aromatic rings. The number of carbonyl (C=O) groups excluding carboxylic acids is 1. The average molecular weight is 710 g/mol. The average Bonchev–Trinajstić information content (AvgIpc) is 3.53. The Hall–Kier alpha value is -4.60. The molecule has 0 radical (unpaired) electrons. The summed E-state index contributed by atoms with van der Waals surface area (Å²) in [6.45, 7) is 10.2. The maximum Gasteiger partial charge on any atom is 0.407 e. The highest BCUT2D eigenvalue weighted by atomic mass is 16.6. The number of para-hydroxylation sites is 1. The zero-order chi connectivity index (χ0) is 36.4. The molecular weight excluding hydrogens is 658 g/mol. The molecule has 276 valence electrons. The SMILES string of the molecule is CC(C)(C)OC(=O)NCCCCCOCCOCCOCCOCC#Cc1ccc2c(c1)CC(Nc1nc(-c3cccnc3)nc3ccccc13)C2. The Bertz CT molecular complexity index is 1770. The second kappa shape index (κ2) is 20.4. The van der Waals surface area contributed by atoms with E-state index < -0.39 is 5.60 Å². The molecule has 2 aromatic carbocycles. The lowest BCUT2D eigenvalue weighted by Gasteiger charge is -2.19. The third-order valence-electron chi connectivity index (χ3n) is 8.16. The molecule has 2 aromatic heterocycles. The summed E-state index contributed by atoms with van der Waals surface area (Å²) in [6, 6.07) is 18.7. The van der Waals surface area contributed by atoms with Crippen LogP contribution < -0.4 is 10.6 Å². The zero-order valence-corrected chi connectivity index (χ0v) is 30.6. The summed E-state index contributed by atoms with van der Waals surface area (Å²) in [5, 5.41) is 7.48. The number of nitrogens with one attached hydrogen (secondary N) is 2. The standard InChI is InChI=1S/C41H51N5O6/c1-41(2,3)52-40(47)43-18-7-4-8-19-48-21-23-50-25-26-51-24-22-49-20-10-11-31-15-16-32-28-35(29-34(32)27-31)44-39-36-13-5-6-14-37(36)45-38(46-39)33-12-9-17-42-30-33/h5-6,9,12-17,27,30,35H,4,7-8,18-26,28-29H2,1-3H3,(H,43,47)(H,44,45,46). The van der Waals surface area contributed by atoms with Crippen molar-refractivity contribution >= 4 is 22.8 Å². The molecule has 0 aliphatic heterocycles.